The minimum atomic E-state index is -7.40. The normalized spacial score (nSPS) is 25.3. The Morgan fingerprint density at radius 1 is 1.00 bits per heavy atom. The summed E-state index contributed by atoms with van der Waals surface area (Å²) < 4.78 is 14.3. The topological polar surface area (TPSA) is 26.3 Å². The summed E-state index contributed by atoms with van der Waals surface area (Å²) >= 11 is 4.51. The van der Waals surface area contributed by atoms with Crippen LogP contribution >= 0.6 is 59.8 Å². The molecule has 0 aromatic rings. The first-order valence-electron chi connectivity index (χ1n) is 1.06. The van der Waals surface area contributed by atoms with Crippen LogP contribution in [0.2, 0.25) is 0 Å². The van der Waals surface area contributed by atoms with Crippen molar-refractivity contribution in [3.8, 4) is 0 Å². The van der Waals surface area contributed by atoms with Crippen molar-refractivity contribution >= 4 is 59.8 Å². The zero-order valence-electron chi connectivity index (χ0n) is 3.42. The quantitative estimate of drug-likeness (QED) is 0.622. The van der Waals surface area contributed by atoms with E-state index in [-0.39, 0.29) is 0 Å². The van der Waals surface area contributed by atoms with Crippen molar-refractivity contribution < 1.29 is 13.5 Å². The molecule has 0 radical (unpaired) electrons. The molecule has 0 saturated carbocycles. The van der Waals surface area contributed by atoms with Crippen LogP contribution in [0.3, 0.4) is 0 Å². The van der Waals surface area contributed by atoms with Gasteiger partial charge in [-0.25, -0.2) is 0 Å². The molecule has 63 valence electrons. The van der Waals surface area contributed by atoms with Crippen LogP contribution in [0.4, 0.5) is 0 Å². The van der Waals surface area contributed by atoms with Gasteiger partial charge in [-0.2, -0.15) is 0 Å². The molecule has 0 fully saturated rings. The molecule has 0 aliphatic carbocycles. The van der Waals surface area contributed by atoms with Crippen LogP contribution in [-0.2, 0) is 13.5 Å². The second-order valence-electron chi connectivity index (χ2n) is 1.10. The molecule has 0 heterocycles. The van der Waals surface area contributed by atoms with E-state index >= 15 is 0 Å². The number of hydrogen-bond acceptors (Lipinski definition) is 2. The number of hydrogen-bond donors (Lipinski definition) is 0. The fourth-order valence-electron chi connectivity index (χ4n) is 0. The van der Waals surface area contributed by atoms with E-state index in [0.29, 0.717) is 0 Å². The Balaban J connectivity index is 5.50. The van der Waals surface area contributed by atoms with Gasteiger partial charge in [0.15, 0.2) is 0 Å². The standard InChI is InChI=1S/ClO.5ClH.Ir.O/c1-2;;;;;;;/h;5*1H;;/q-1;;;;;;+6;/p-5. The molecule has 0 atom stereocenters. The van der Waals surface area contributed by atoms with Crippen molar-refractivity contribution in [2.24, 2.45) is 0 Å². The third-order valence-corrected chi connectivity index (χ3v) is 7.68. The Labute approximate surface area is 72.5 Å². The van der Waals surface area contributed by atoms with Crippen molar-refractivity contribution in [1.29, 1.82) is 0 Å². The molecular weight excluding hydrogens is 437 g/mol. The van der Waals surface area contributed by atoms with E-state index < -0.39 is 6.94 Å². The Kier molecular flexibility index (Phi) is 1.80. The van der Waals surface area contributed by atoms with Gasteiger partial charge in [0, 0.05) is 0 Å². The van der Waals surface area contributed by atoms with Gasteiger partial charge in [0.1, 0.15) is 0 Å². The fraction of sp³-hybridized carbons (Fsp3) is 0. The monoisotopic (exact) mass is 435 g/mol. The molecule has 0 aliphatic heterocycles. The van der Waals surface area contributed by atoms with Gasteiger partial charge in [-0.05, 0) is 0 Å². The zero-order chi connectivity index (χ0) is 8.09. The Hall–Kier alpha value is 2.15. The van der Waals surface area contributed by atoms with Crippen LogP contribution in [0.1, 0.15) is 0 Å². The third-order valence-electron chi connectivity index (χ3n) is 0.118. The molecule has 0 unspecified atom stereocenters. The molecule has 0 rings (SSSR count). The maximum absolute atomic E-state index is 10.9. The third kappa shape index (κ3) is 10.1. The molecule has 0 saturated heterocycles. The summed E-state index contributed by atoms with van der Waals surface area (Å²) in [6.07, 6.45) is 0. The SMILES string of the molecule is [O]=[Ir]([Cl])([Cl])([Cl])([Cl])([Cl])[O]Cl. The molecule has 0 aliphatic rings. The van der Waals surface area contributed by atoms with Crippen molar-refractivity contribution in [2.45, 2.75) is 0 Å². The van der Waals surface area contributed by atoms with E-state index in [2.05, 4.69) is 14.9 Å². The van der Waals surface area contributed by atoms with Gasteiger partial charge in [-0.1, -0.05) is 0 Å². The first-order chi connectivity index (χ1) is 3.24. The second-order valence-corrected chi connectivity index (χ2v) is 49.4. The van der Waals surface area contributed by atoms with Crippen LogP contribution < -0.4 is 0 Å². The van der Waals surface area contributed by atoms with Gasteiger partial charge in [0.25, 0.3) is 0 Å². The van der Waals surface area contributed by atoms with Gasteiger partial charge >= 0.3 is 73.3 Å². The molecule has 0 amide bonds. The Morgan fingerprint density at radius 2 is 1.11 bits per heavy atom. The maximum atomic E-state index is 10.9. The summed E-state index contributed by atoms with van der Waals surface area (Å²) in [7, 11) is 24.1. The van der Waals surface area contributed by atoms with E-state index in [1.165, 1.54) is 0 Å². The van der Waals surface area contributed by atoms with E-state index in [9.17, 15) is 3.50 Å². The van der Waals surface area contributed by atoms with Crippen molar-refractivity contribution in [3.63, 3.8) is 0 Å². The first-order valence-corrected chi connectivity index (χ1v) is 18.2. The van der Waals surface area contributed by atoms with Crippen LogP contribution in [0.5, 0.6) is 0 Å². The zero-order valence-corrected chi connectivity index (χ0v) is 10.3. The van der Waals surface area contributed by atoms with Gasteiger partial charge in [0.05, 0.1) is 0 Å². The molecule has 0 aromatic carbocycles. The van der Waals surface area contributed by atoms with Crippen molar-refractivity contribution in [3.05, 3.63) is 0 Å². The Bertz CT molecular complexity index is 213. The molecule has 0 N–H and O–H groups in total. The summed E-state index contributed by atoms with van der Waals surface area (Å²) in [5, 5.41) is 0. The summed E-state index contributed by atoms with van der Waals surface area (Å²) in [5.41, 5.74) is 0. The summed E-state index contributed by atoms with van der Waals surface area (Å²) in [4.78, 5) is 0. The molecular formula is Cl6IrO2. The Morgan fingerprint density at radius 3 is 1.11 bits per heavy atom. The molecule has 0 spiro atoms. The summed E-state index contributed by atoms with van der Waals surface area (Å²) in [6, 6.07) is 0. The van der Waals surface area contributed by atoms with Crippen LogP contribution in [0, 0.1) is 0 Å². The van der Waals surface area contributed by atoms with E-state index in [1.807, 2.05) is 0 Å². The predicted octanol–water partition coefficient (Wildman–Crippen LogP) is 3.95. The molecule has 2 nitrogen and oxygen atoms in total. The van der Waals surface area contributed by atoms with Crippen molar-refractivity contribution in [1.82, 2.24) is 0 Å². The minimum absolute atomic E-state index is 3.42. The molecule has 9 heavy (non-hydrogen) atoms. The van der Waals surface area contributed by atoms with Crippen LogP contribution in [-0.4, -0.2) is 0 Å². The molecule has 0 bridgehead atoms. The number of rotatable bonds is 1. The van der Waals surface area contributed by atoms with E-state index in [0.717, 1.165) is 0 Å². The van der Waals surface area contributed by atoms with Gasteiger partial charge in [-0.3, -0.25) is 0 Å². The predicted molar refractivity (Wildman–Crippen MR) is 36.9 cm³/mol. The first kappa shape index (κ1) is 11.1. The van der Waals surface area contributed by atoms with Crippen LogP contribution in [0.25, 0.3) is 0 Å². The molecule has 0 aromatic heterocycles. The van der Waals surface area contributed by atoms with Gasteiger partial charge in [-0.15, -0.1) is 0 Å². The average molecular weight is 437 g/mol. The second kappa shape index (κ2) is 1.46. The van der Waals surface area contributed by atoms with Gasteiger partial charge < -0.3 is 0 Å². The van der Waals surface area contributed by atoms with E-state index in [1.54, 1.807) is 0 Å². The summed E-state index contributed by atoms with van der Waals surface area (Å²) in [5.74, 6) is 0. The fourth-order valence-corrected chi connectivity index (χ4v) is 0. The van der Waals surface area contributed by atoms with Gasteiger partial charge in [0.2, 0.25) is 0 Å². The number of halogens is 6. The van der Waals surface area contributed by atoms with Crippen molar-refractivity contribution in [2.75, 3.05) is 0 Å². The van der Waals surface area contributed by atoms with E-state index in [4.69, 9.17) is 47.9 Å². The average Bonchev–Trinajstić information content (AvgIpc) is 1.27. The summed E-state index contributed by atoms with van der Waals surface area (Å²) in [6.45, 7) is -7.40. The molecule has 9 heteroatoms. The van der Waals surface area contributed by atoms with Crippen LogP contribution in [0.15, 0.2) is 0 Å².